The molecule has 0 saturated heterocycles. The summed E-state index contributed by atoms with van der Waals surface area (Å²) in [5.74, 6) is 1.32. The molecule has 0 bridgehead atoms. The normalized spacial score (nSPS) is 23.8. The highest BCUT2D eigenvalue weighted by Gasteiger charge is 2.34. The zero-order valence-corrected chi connectivity index (χ0v) is 10.9. The van der Waals surface area contributed by atoms with Crippen molar-refractivity contribution < 1.29 is 4.42 Å². The first-order chi connectivity index (χ1) is 8.07. The number of nitrogens with two attached hydrogens (primary N) is 1. The second-order valence-corrected chi connectivity index (χ2v) is 5.37. The Hall–Kier alpha value is -1.49. The van der Waals surface area contributed by atoms with Gasteiger partial charge >= 0.3 is 0 Å². The number of benzene rings is 1. The van der Waals surface area contributed by atoms with Crippen LogP contribution in [0.3, 0.4) is 0 Å². The van der Waals surface area contributed by atoms with Crippen LogP contribution in [0.4, 0.5) is 0 Å². The second-order valence-electron chi connectivity index (χ2n) is 4.45. The Bertz CT molecular complexity index is 619. The fourth-order valence-corrected chi connectivity index (χ4v) is 2.41. The number of hydrogen-bond donors (Lipinski definition) is 2. The maximum absolute atomic E-state index is 5.85. The molecule has 5 heteroatoms. The van der Waals surface area contributed by atoms with Gasteiger partial charge in [-0.25, -0.2) is 0 Å². The molecule has 1 aliphatic heterocycles. The molecule has 0 amide bonds. The molecule has 0 spiro atoms. The fraction of sp³-hybridized carbons (Fsp3) is 0.250. The van der Waals surface area contributed by atoms with Crippen LogP contribution in [0, 0.1) is 0 Å². The van der Waals surface area contributed by atoms with Crippen molar-refractivity contribution in [3.05, 3.63) is 34.5 Å². The Labute approximate surface area is 107 Å². The molecular weight excluding hydrogens is 282 g/mol. The lowest BCUT2D eigenvalue weighted by molar-refractivity contribution is 0.374. The molecule has 1 aromatic heterocycles. The van der Waals surface area contributed by atoms with Crippen molar-refractivity contribution in [1.82, 2.24) is 5.32 Å². The number of aliphatic imine (C=N–C) groups is 1. The first-order valence-electron chi connectivity index (χ1n) is 5.34. The molecule has 17 heavy (non-hydrogen) atoms. The predicted molar refractivity (Wildman–Crippen MR) is 70.9 cm³/mol. The first-order valence-corrected chi connectivity index (χ1v) is 6.14. The Morgan fingerprint density at radius 2 is 2.29 bits per heavy atom. The lowest BCUT2D eigenvalue weighted by Gasteiger charge is -2.20. The van der Waals surface area contributed by atoms with Crippen LogP contribution in [0.1, 0.15) is 12.7 Å². The number of hydrogen-bond acceptors (Lipinski definition) is 4. The van der Waals surface area contributed by atoms with Crippen LogP contribution < -0.4 is 11.1 Å². The monoisotopic (exact) mass is 293 g/mol. The predicted octanol–water partition coefficient (Wildman–Crippen LogP) is 2.33. The standard InChI is InChI=1S/C12H12BrN3O/c1-12(6-15-11(14)16-12)10-5-7-4-8(13)2-3-9(7)17-10/h2-5H,6H2,1H3,(H3,14,15,16). The van der Waals surface area contributed by atoms with Crippen LogP contribution in [0.2, 0.25) is 0 Å². The van der Waals surface area contributed by atoms with Gasteiger partial charge in [0.05, 0.1) is 6.54 Å². The second kappa shape index (κ2) is 3.50. The molecule has 1 aromatic carbocycles. The number of nitrogens with one attached hydrogen (secondary N) is 1. The first kappa shape index (κ1) is 10.7. The van der Waals surface area contributed by atoms with E-state index in [-0.39, 0.29) is 5.54 Å². The topological polar surface area (TPSA) is 63.5 Å². The highest BCUT2D eigenvalue weighted by Crippen LogP contribution is 2.31. The summed E-state index contributed by atoms with van der Waals surface area (Å²) in [6.07, 6.45) is 0. The van der Waals surface area contributed by atoms with E-state index in [4.69, 9.17) is 10.2 Å². The maximum Gasteiger partial charge on any atom is 0.189 e. The van der Waals surface area contributed by atoms with Gasteiger partial charge in [-0.3, -0.25) is 4.99 Å². The minimum atomic E-state index is -0.338. The van der Waals surface area contributed by atoms with Crippen LogP contribution in [0.15, 0.2) is 38.1 Å². The summed E-state index contributed by atoms with van der Waals surface area (Å²) >= 11 is 3.45. The zero-order valence-electron chi connectivity index (χ0n) is 9.33. The molecule has 1 atom stereocenters. The Morgan fingerprint density at radius 1 is 1.47 bits per heavy atom. The van der Waals surface area contributed by atoms with Crippen molar-refractivity contribution >= 4 is 32.9 Å². The summed E-state index contributed by atoms with van der Waals surface area (Å²) in [6.45, 7) is 2.63. The van der Waals surface area contributed by atoms with Gasteiger partial charge in [0.25, 0.3) is 0 Å². The molecule has 0 radical (unpaired) electrons. The average Bonchev–Trinajstić information content (AvgIpc) is 2.83. The summed E-state index contributed by atoms with van der Waals surface area (Å²) in [4.78, 5) is 4.17. The quantitative estimate of drug-likeness (QED) is 0.848. The molecule has 3 rings (SSSR count). The Kier molecular flexibility index (Phi) is 2.19. The molecule has 0 fully saturated rings. The smallest absolute Gasteiger partial charge is 0.189 e. The Balaban J connectivity index is 2.07. The summed E-state index contributed by atoms with van der Waals surface area (Å²) in [5, 5.41) is 4.22. The molecule has 3 N–H and O–H groups in total. The van der Waals surface area contributed by atoms with Gasteiger partial charge in [-0.15, -0.1) is 0 Å². The zero-order chi connectivity index (χ0) is 12.0. The SMILES string of the molecule is CC1(c2cc3cc(Br)ccc3o2)CN=C(N)N1. The maximum atomic E-state index is 5.85. The van der Waals surface area contributed by atoms with E-state index in [1.54, 1.807) is 0 Å². The fourth-order valence-electron chi connectivity index (χ4n) is 2.03. The van der Waals surface area contributed by atoms with Crippen LogP contribution in [0.25, 0.3) is 11.0 Å². The van der Waals surface area contributed by atoms with Gasteiger partial charge in [-0.2, -0.15) is 0 Å². The lowest BCUT2D eigenvalue weighted by atomic mass is 10.0. The molecule has 4 nitrogen and oxygen atoms in total. The third kappa shape index (κ3) is 1.70. The molecule has 88 valence electrons. The summed E-state index contributed by atoms with van der Waals surface area (Å²) in [7, 11) is 0. The van der Waals surface area contributed by atoms with E-state index in [0.717, 1.165) is 21.2 Å². The van der Waals surface area contributed by atoms with E-state index >= 15 is 0 Å². The summed E-state index contributed by atoms with van der Waals surface area (Å²) < 4.78 is 6.89. The number of fused-ring (bicyclic) bond motifs is 1. The van der Waals surface area contributed by atoms with Crippen molar-refractivity contribution in [3.63, 3.8) is 0 Å². The van der Waals surface area contributed by atoms with Gasteiger partial charge in [0.15, 0.2) is 5.96 Å². The Morgan fingerprint density at radius 3 is 3.00 bits per heavy atom. The van der Waals surface area contributed by atoms with E-state index in [0.29, 0.717) is 12.5 Å². The molecule has 2 heterocycles. The molecule has 2 aromatic rings. The van der Waals surface area contributed by atoms with Crippen molar-refractivity contribution in [3.8, 4) is 0 Å². The van der Waals surface area contributed by atoms with Crippen LogP contribution >= 0.6 is 15.9 Å². The van der Waals surface area contributed by atoms with E-state index in [9.17, 15) is 0 Å². The van der Waals surface area contributed by atoms with Gasteiger partial charge < -0.3 is 15.5 Å². The lowest BCUT2D eigenvalue weighted by Crippen LogP contribution is -2.42. The van der Waals surface area contributed by atoms with Crippen LogP contribution in [-0.4, -0.2) is 12.5 Å². The average molecular weight is 294 g/mol. The minimum absolute atomic E-state index is 0.338. The molecule has 0 aliphatic carbocycles. The van der Waals surface area contributed by atoms with Crippen molar-refractivity contribution in [2.75, 3.05) is 6.54 Å². The largest absolute Gasteiger partial charge is 0.459 e. The summed E-state index contributed by atoms with van der Waals surface area (Å²) in [6, 6.07) is 7.97. The molecule has 1 unspecified atom stereocenters. The molecule has 0 saturated carbocycles. The van der Waals surface area contributed by atoms with Crippen molar-refractivity contribution in [1.29, 1.82) is 0 Å². The van der Waals surface area contributed by atoms with Gasteiger partial charge in [0.1, 0.15) is 16.9 Å². The minimum Gasteiger partial charge on any atom is -0.459 e. The summed E-state index contributed by atoms with van der Waals surface area (Å²) in [5.41, 5.74) is 6.19. The molecule has 1 aliphatic rings. The number of nitrogens with zero attached hydrogens (tertiary/aromatic N) is 1. The van der Waals surface area contributed by atoms with Gasteiger partial charge in [0.2, 0.25) is 0 Å². The van der Waals surface area contributed by atoms with E-state index in [1.165, 1.54) is 0 Å². The third-order valence-electron chi connectivity index (χ3n) is 2.99. The van der Waals surface area contributed by atoms with Crippen molar-refractivity contribution in [2.45, 2.75) is 12.5 Å². The van der Waals surface area contributed by atoms with Gasteiger partial charge in [-0.05, 0) is 31.2 Å². The highest BCUT2D eigenvalue weighted by atomic mass is 79.9. The van der Waals surface area contributed by atoms with Gasteiger partial charge in [0, 0.05) is 9.86 Å². The van der Waals surface area contributed by atoms with E-state index in [2.05, 4.69) is 26.2 Å². The number of guanidine groups is 1. The number of furan rings is 1. The van der Waals surface area contributed by atoms with E-state index in [1.807, 2.05) is 31.2 Å². The van der Waals surface area contributed by atoms with Gasteiger partial charge in [-0.1, -0.05) is 15.9 Å². The molecular formula is C12H12BrN3O. The van der Waals surface area contributed by atoms with E-state index < -0.39 is 0 Å². The number of halogens is 1. The third-order valence-corrected chi connectivity index (χ3v) is 3.49. The van der Waals surface area contributed by atoms with Crippen molar-refractivity contribution in [2.24, 2.45) is 10.7 Å². The highest BCUT2D eigenvalue weighted by molar-refractivity contribution is 9.10. The van der Waals surface area contributed by atoms with Crippen LogP contribution in [0.5, 0.6) is 0 Å². The van der Waals surface area contributed by atoms with Crippen LogP contribution in [-0.2, 0) is 5.54 Å². The number of rotatable bonds is 1.